The van der Waals surface area contributed by atoms with E-state index >= 15 is 0 Å². The van der Waals surface area contributed by atoms with Gasteiger partial charge in [0, 0.05) is 17.8 Å². The highest BCUT2D eigenvalue weighted by molar-refractivity contribution is 5.91. The van der Waals surface area contributed by atoms with E-state index in [1.807, 2.05) is 13.0 Å². The maximum absolute atomic E-state index is 11.1. The smallest absolute Gasteiger partial charge is 0.336 e. The maximum Gasteiger partial charge on any atom is 0.336 e. The van der Waals surface area contributed by atoms with Gasteiger partial charge >= 0.3 is 5.97 Å². The first-order chi connectivity index (χ1) is 8.58. The normalized spacial score (nSPS) is 23.7. The van der Waals surface area contributed by atoms with E-state index in [-0.39, 0.29) is 6.04 Å². The van der Waals surface area contributed by atoms with Crippen LogP contribution in [0.3, 0.4) is 0 Å². The minimum Gasteiger partial charge on any atom is -0.478 e. The number of hydrogen-bond donors (Lipinski definition) is 3. The van der Waals surface area contributed by atoms with Gasteiger partial charge in [-0.2, -0.15) is 0 Å². The lowest BCUT2D eigenvalue weighted by molar-refractivity contribution is 0.0696. The van der Waals surface area contributed by atoms with Crippen molar-refractivity contribution in [3.05, 3.63) is 29.3 Å². The zero-order valence-electron chi connectivity index (χ0n) is 10.6. The largest absolute Gasteiger partial charge is 0.478 e. The van der Waals surface area contributed by atoms with Crippen LogP contribution < -0.4 is 11.1 Å². The van der Waals surface area contributed by atoms with Crippen LogP contribution in [0.2, 0.25) is 0 Å². The molecule has 0 aromatic heterocycles. The standard InChI is InChI=1S/C14H20N2O2/c1-9-12(14(17)18)6-3-7-13(9)16-11-5-2-4-10(15)8-11/h3,6-7,10-11,16H,2,4-5,8,15H2,1H3,(H,17,18). The summed E-state index contributed by atoms with van der Waals surface area (Å²) in [5, 5.41) is 12.5. The Bertz CT molecular complexity index is 445. The molecule has 1 aromatic rings. The Labute approximate surface area is 107 Å². The Kier molecular flexibility index (Phi) is 3.87. The summed E-state index contributed by atoms with van der Waals surface area (Å²) in [5.74, 6) is -0.878. The van der Waals surface area contributed by atoms with Crippen molar-refractivity contribution in [3.63, 3.8) is 0 Å². The van der Waals surface area contributed by atoms with E-state index in [0.717, 1.165) is 36.9 Å². The molecule has 1 aliphatic carbocycles. The molecule has 1 fully saturated rings. The lowest BCUT2D eigenvalue weighted by atomic mass is 9.91. The van der Waals surface area contributed by atoms with E-state index in [4.69, 9.17) is 10.8 Å². The highest BCUT2D eigenvalue weighted by atomic mass is 16.4. The third kappa shape index (κ3) is 2.82. The van der Waals surface area contributed by atoms with Gasteiger partial charge in [-0.25, -0.2) is 4.79 Å². The number of benzene rings is 1. The lowest BCUT2D eigenvalue weighted by Crippen LogP contribution is -2.35. The molecular weight excluding hydrogens is 228 g/mol. The van der Waals surface area contributed by atoms with Gasteiger partial charge in [0.25, 0.3) is 0 Å². The number of anilines is 1. The average molecular weight is 248 g/mol. The quantitative estimate of drug-likeness (QED) is 0.767. The summed E-state index contributed by atoms with van der Waals surface area (Å²) in [6.07, 6.45) is 4.28. The van der Waals surface area contributed by atoms with Gasteiger partial charge in [0.05, 0.1) is 5.56 Å². The third-order valence-electron chi connectivity index (χ3n) is 3.64. The SMILES string of the molecule is Cc1c(NC2CCCC(N)C2)cccc1C(=O)O. The molecule has 0 saturated heterocycles. The molecule has 4 N–H and O–H groups in total. The number of carbonyl (C=O) groups is 1. The predicted molar refractivity (Wildman–Crippen MR) is 72.0 cm³/mol. The monoisotopic (exact) mass is 248 g/mol. The molecule has 2 unspecified atom stereocenters. The van der Waals surface area contributed by atoms with E-state index in [2.05, 4.69) is 5.32 Å². The van der Waals surface area contributed by atoms with E-state index < -0.39 is 5.97 Å². The predicted octanol–water partition coefficient (Wildman–Crippen LogP) is 2.38. The second kappa shape index (κ2) is 5.40. The molecule has 4 heteroatoms. The highest BCUT2D eigenvalue weighted by Crippen LogP contribution is 2.24. The fourth-order valence-corrected chi connectivity index (χ4v) is 2.60. The average Bonchev–Trinajstić information content (AvgIpc) is 2.31. The number of rotatable bonds is 3. The van der Waals surface area contributed by atoms with Crippen molar-refractivity contribution >= 4 is 11.7 Å². The van der Waals surface area contributed by atoms with Gasteiger partial charge in [-0.1, -0.05) is 6.07 Å². The maximum atomic E-state index is 11.1. The summed E-state index contributed by atoms with van der Waals surface area (Å²) >= 11 is 0. The Morgan fingerprint density at radius 3 is 2.89 bits per heavy atom. The molecule has 2 rings (SSSR count). The first-order valence-corrected chi connectivity index (χ1v) is 6.43. The summed E-state index contributed by atoms with van der Waals surface area (Å²) in [6, 6.07) is 5.97. The molecular formula is C14H20N2O2. The van der Waals surface area contributed by atoms with Crippen molar-refractivity contribution in [3.8, 4) is 0 Å². The first kappa shape index (κ1) is 12.9. The second-order valence-corrected chi connectivity index (χ2v) is 5.05. The summed E-state index contributed by atoms with van der Waals surface area (Å²) < 4.78 is 0. The van der Waals surface area contributed by atoms with Gasteiger partial charge in [-0.05, 0) is 50.3 Å². The number of nitrogens with two attached hydrogens (primary N) is 1. The number of hydrogen-bond acceptors (Lipinski definition) is 3. The van der Waals surface area contributed by atoms with Crippen LogP contribution in [0.1, 0.15) is 41.6 Å². The van der Waals surface area contributed by atoms with Gasteiger partial charge < -0.3 is 16.2 Å². The molecule has 0 bridgehead atoms. The number of aromatic carboxylic acids is 1. The van der Waals surface area contributed by atoms with Crippen LogP contribution >= 0.6 is 0 Å². The van der Waals surface area contributed by atoms with Gasteiger partial charge in [0.2, 0.25) is 0 Å². The number of carboxylic acids is 1. The molecule has 0 radical (unpaired) electrons. The van der Waals surface area contributed by atoms with Crippen molar-refractivity contribution in [1.29, 1.82) is 0 Å². The van der Waals surface area contributed by atoms with Crippen LogP contribution in [0.5, 0.6) is 0 Å². The minimum atomic E-state index is -0.878. The molecule has 2 atom stereocenters. The van der Waals surface area contributed by atoms with Gasteiger partial charge in [-0.15, -0.1) is 0 Å². The van der Waals surface area contributed by atoms with Crippen LogP contribution in [0.4, 0.5) is 5.69 Å². The van der Waals surface area contributed by atoms with Gasteiger partial charge in [0.15, 0.2) is 0 Å². The Balaban J connectivity index is 2.14. The van der Waals surface area contributed by atoms with E-state index in [1.54, 1.807) is 12.1 Å². The molecule has 0 aliphatic heterocycles. The summed E-state index contributed by atoms with van der Waals surface area (Å²) in [4.78, 5) is 11.1. The molecule has 18 heavy (non-hydrogen) atoms. The van der Waals surface area contributed by atoms with Crippen molar-refractivity contribution in [1.82, 2.24) is 0 Å². The van der Waals surface area contributed by atoms with Crippen LogP contribution in [-0.2, 0) is 0 Å². The number of nitrogens with one attached hydrogen (secondary N) is 1. The Morgan fingerprint density at radius 2 is 2.22 bits per heavy atom. The minimum absolute atomic E-state index is 0.263. The van der Waals surface area contributed by atoms with E-state index in [1.165, 1.54) is 0 Å². The third-order valence-corrected chi connectivity index (χ3v) is 3.64. The molecule has 0 amide bonds. The zero-order chi connectivity index (χ0) is 13.1. The summed E-state index contributed by atoms with van der Waals surface area (Å²) in [7, 11) is 0. The van der Waals surface area contributed by atoms with Gasteiger partial charge in [0.1, 0.15) is 0 Å². The van der Waals surface area contributed by atoms with E-state index in [9.17, 15) is 4.79 Å². The number of carboxylic acid groups (broad SMARTS) is 1. The highest BCUT2D eigenvalue weighted by Gasteiger charge is 2.20. The van der Waals surface area contributed by atoms with Crippen LogP contribution in [0, 0.1) is 6.92 Å². The second-order valence-electron chi connectivity index (χ2n) is 5.05. The van der Waals surface area contributed by atoms with Crippen LogP contribution in [0.25, 0.3) is 0 Å². The molecule has 98 valence electrons. The summed E-state index contributed by atoms with van der Waals surface area (Å²) in [5.41, 5.74) is 8.03. The topological polar surface area (TPSA) is 75.3 Å². The van der Waals surface area contributed by atoms with Gasteiger partial charge in [-0.3, -0.25) is 0 Å². The molecule has 4 nitrogen and oxygen atoms in total. The van der Waals surface area contributed by atoms with Crippen LogP contribution in [-0.4, -0.2) is 23.2 Å². The van der Waals surface area contributed by atoms with Crippen molar-refractivity contribution in [2.45, 2.75) is 44.7 Å². The van der Waals surface area contributed by atoms with Crippen molar-refractivity contribution in [2.24, 2.45) is 5.73 Å². The van der Waals surface area contributed by atoms with E-state index in [0.29, 0.717) is 11.6 Å². The van der Waals surface area contributed by atoms with Crippen molar-refractivity contribution < 1.29 is 9.90 Å². The van der Waals surface area contributed by atoms with Crippen LogP contribution in [0.15, 0.2) is 18.2 Å². The molecule has 1 saturated carbocycles. The summed E-state index contributed by atoms with van der Waals surface area (Å²) in [6.45, 7) is 1.84. The molecule has 0 heterocycles. The molecule has 1 aliphatic rings. The molecule has 0 spiro atoms. The lowest BCUT2D eigenvalue weighted by Gasteiger charge is -2.29. The first-order valence-electron chi connectivity index (χ1n) is 6.43. The van der Waals surface area contributed by atoms with Crippen molar-refractivity contribution in [2.75, 3.05) is 5.32 Å². The molecule has 1 aromatic carbocycles. The fourth-order valence-electron chi connectivity index (χ4n) is 2.60. The Morgan fingerprint density at radius 1 is 1.44 bits per heavy atom. The zero-order valence-corrected chi connectivity index (χ0v) is 10.6. The fraction of sp³-hybridized carbons (Fsp3) is 0.500. The Hall–Kier alpha value is -1.55.